The molecule has 5 heteroatoms. The number of phenols is 2. The Kier molecular flexibility index (Phi) is 4.79. The van der Waals surface area contributed by atoms with Crippen molar-refractivity contribution in [3.63, 3.8) is 0 Å². The Hall–Kier alpha value is -2.69. The van der Waals surface area contributed by atoms with Gasteiger partial charge in [0.25, 0.3) is 5.91 Å². The van der Waals surface area contributed by atoms with Gasteiger partial charge in [0, 0.05) is 6.07 Å². The first-order chi connectivity index (χ1) is 10.8. The minimum Gasteiger partial charge on any atom is -0.508 e. The molecule has 23 heavy (non-hydrogen) atoms. The van der Waals surface area contributed by atoms with Crippen LogP contribution in [-0.4, -0.2) is 22.7 Å². The van der Waals surface area contributed by atoms with E-state index in [2.05, 4.69) is 26.1 Å². The van der Waals surface area contributed by atoms with E-state index in [1.807, 2.05) is 24.3 Å². The Balaban J connectivity index is 2.03. The minimum atomic E-state index is -0.394. The normalized spacial score (nSPS) is 11.1. The Bertz CT molecular complexity index is 704. The summed E-state index contributed by atoms with van der Waals surface area (Å²) in [7, 11) is 0. The molecule has 5 nitrogen and oxygen atoms in total. The molecule has 0 aliphatic rings. The summed E-state index contributed by atoms with van der Waals surface area (Å²) in [5, 5.41) is 21.4. The van der Waals surface area contributed by atoms with E-state index in [1.165, 1.54) is 12.1 Å². The SMILES string of the molecule is CC(C)(C)c1ccccc1OCC(=O)Nc1ccc(O)cc1O. The summed E-state index contributed by atoms with van der Waals surface area (Å²) in [5.41, 5.74) is 1.14. The molecule has 0 aliphatic carbocycles. The molecule has 0 heterocycles. The van der Waals surface area contributed by atoms with Crippen molar-refractivity contribution < 1.29 is 19.7 Å². The highest BCUT2D eigenvalue weighted by molar-refractivity contribution is 5.93. The van der Waals surface area contributed by atoms with Crippen molar-refractivity contribution in [3.8, 4) is 17.2 Å². The molecule has 0 saturated carbocycles. The van der Waals surface area contributed by atoms with Crippen LogP contribution >= 0.6 is 0 Å². The third-order valence-electron chi connectivity index (χ3n) is 3.31. The van der Waals surface area contributed by atoms with Gasteiger partial charge in [-0.05, 0) is 29.2 Å². The Morgan fingerprint density at radius 2 is 1.83 bits per heavy atom. The number of aromatic hydroxyl groups is 2. The number of ether oxygens (including phenoxy) is 1. The van der Waals surface area contributed by atoms with Crippen molar-refractivity contribution in [2.75, 3.05) is 11.9 Å². The standard InChI is InChI=1S/C18H21NO4/c1-18(2,3)13-6-4-5-7-16(13)23-11-17(22)19-14-9-8-12(20)10-15(14)21/h4-10,20-21H,11H2,1-3H3,(H,19,22). The van der Waals surface area contributed by atoms with Crippen LogP contribution in [-0.2, 0) is 10.2 Å². The summed E-state index contributed by atoms with van der Waals surface area (Å²) in [6, 6.07) is 11.5. The highest BCUT2D eigenvalue weighted by atomic mass is 16.5. The number of amides is 1. The summed E-state index contributed by atoms with van der Waals surface area (Å²) in [5.74, 6) is -0.0101. The number of para-hydroxylation sites is 1. The van der Waals surface area contributed by atoms with Crippen LogP contribution in [0, 0.1) is 0 Å². The molecular weight excluding hydrogens is 294 g/mol. The topological polar surface area (TPSA) is 78.8 Å². The van der Waals surface area contributed by atoms with Crippen molar-refractivity contribution in [1.82, 2.24) is 0 Å². The average molecular weight is 315 g/mol. The maximum Gasteiger partial charge on any atom is 0.262 e. The smallest absolute Gasteiger partial charge is 0.262 e. The number of rotatable bonds is 4. The predicted molar refractivity (Wildman–Crippen MR) is 89.0 cm³/mol. The molecule has 0 unspecified atom stereocenters. The number of phenolic OH excluding ortho intramolecular Hbond substituents is 2. The van der Waals surface area contributed by atoms with Crippen LogP contribution in [0.5, 0.6) is 17.2 Å². The van der Waals surface area contributed by atoms with E-state index in [0.717, 1.165) is 11.6 Å². The molecule has 0 spiro atoms. The van der Waals surface area contributed by atoms with E-state index in [4.69, 9.17) is 4.74 Å². The number of hydrogen-bond acceptors (Lipinski definition) is 4. The lowest BCUT2D eigenvalue weighted by Gasteiger charge is -2.22. The lowest BCUT2D eigenvalue weighted by Crippen LogP contribution is -2.22. The molecule has 2 rings (SSSR count). The van der Waals surface area contributed by atoms with Crippen LogP contribution in [0.15, 0.2) is 42.5 Å². The maximum atomic E-state index is 12.0. The lowest BCUT2D eigenvalue weighted by atomic mass is 9.86. The van der Waals surface area contributed by atoms with Crippen LogP contribution in [0.3, 0.4) is 0 Å². The molecule has 0 aliphatic heterocycles. The maximum absolute atomic E-state index is 12.0. The summed E-state index contributed by atoms with van der Waals surface area (Å²) in [6.45, 7) is 6.05. The number of benzene rings is 2. The van der Waals surface area contributed by atoms with E-state index in [0.29, 0.717) is 5.75 Å². The Morgan fingerprint density at radius 3 is 2.48 bits per heavy atom. The molecule has 0 atom stereocenters. The van der Waals surface area contributed by atoms with Gasteiger partial charge in [0.2, 0.25) is 0 Å². The van der Waals surface area contributed by atoms with Gasteiger partial charge < -0.3 is 20.3 Å². The monoisotopic (exact) mass is 315 g/mol. The number of carbonyl (C=O) groups excluding carboxylic acids is 1. The van der Waals surface area contributed by atoms with Gasteiger partial charge in [0.1, 0.15) is 17.2 Å². The first-order valence-electron chi connectivity index (χ1n) is 7.31. The first-order valence-corrected chi connectivity index (χ1v) is 7.31. The van der Waals surface area contributed by atoms with Crippen molar-refractivity contribution in [1.29, 1.82) is 0 Å². The molecule has 0 saturated heterocycles. The fraction of sp³-hybridized carbons (Fsp3) is 0.278. The minimum absolute atomic E-state index is 0.0733. The van der Waals surface area contributed by atoms with Crippen molar-refractivity contribution in [2.24, 2.45) is 0 Å². The van der Waals surface area contributed by atoms with E-state index >= 15 is 0 Å². The molecule has 1 amide bonds. The largest absolute Gasteiger partial charge is 0.508 e. The predicted octanol–water partition coefficient (Wildman–Crippen LogP) is 3.41. The van der Waals surface area contributed by atoms with Crippen LogP contribution in [0.25, 0.3) is 0 Å². The average Bonchev–Trinajstić information content (AvgIpc) is 2.47. The van der Waals surface area contributed by atoms with E-state index < -0.39 is 5.91 Å². The molecule has 0 aromatic heterocycles. The summed E-state index contributed by atoms with van der Waals surface area (Å²) in [6.07, 6.45) is 0. The second-order valence-corrected chi connectivity index (χ2v) is 6.28. The Labute approximate surface area is 135 Å². The number of anilines is 1. The lowest BCUT2D eigenvalue weighted by molar-refractivity contribution is -0.118. The van der Waals surface area contributed by atoms with Crippen molar-refractivity contribution >= 4 is 11.6 Å². The van der Waals surface area contributed by atoms with E-state index in [-0.39, 0.29) is 29.2 Å². The molecule has 0 radical (unpaired) electrons. The van der Waals surface area contributed by atoms with Crippen LogP contribution < -0.4 is 10.1 Å². The fourth-order valence-electron chi connectivity index (χ4n) is 2.17. The van der Waals surface area contributed by atoms with Gasteiger partial charge in [-0.3, -0.25) is 4.79 Å². The third kappa shape index (κ3) is 4.39. The number of carbonyl (C=O) groups is 1. The van der Waals surface area contributed by atoms with E-state index in [1.54, 1.807) is 0 Å². The molecule has 2 aromatic carbocycles. The summed E-state index contributed by atoms with van der Waals surface area (Å²) >= 11 is 0. The van der Waals surface area contributed by atoms with Crippen LogP contribution in [0.4, 0.5) is 5.69 Å². The van der Waals surface area contributed by atoms with Gasteiger partial charge in [0.15, 0.2) is 6.61 Å². The highest BCUT2D eigenvalue weighted by Gasteiger charge is 2.19. The van der Waals surface area contributed by atoms with Gasteiger partial charge >= 0.3 is 0 Å². The quantitative estimate of drug-likeness (QED) is 0.597. The zero-order chi connectivity index (χ0) is 17.0. The molecule has 0 fully saturated rings. The third-order valence-corrected chi connectivity index (χ3v) is 3.31. The van der Waals surface area contributed by atoms with Gasteiger partial charge in [-0.25, -0.2) is 0 Å². The molecule has 2 aromatic rings. The molecule has 122 valence electrons. The Morgan fingerprint density at radius 1 is 1.13 bits per heavy atom. The highest BCUT2D eigenvalue weighted by Crippen LogP contribution is 2.31. The van der Waals surface area contributed by atoms with Crippen molar-refractivity contribution in [3.05, 3.63) is 48.0 Å². The zero-order valence-corrected chi connectivity index (χ0v) is 13.5. The van der Waals surface area contributed by atoms with Gasteiger partial charge in [-0.2, -0.15) is 0 Å². The van der Waals surface area contributed by atoms with Gasteiger partial charge in [-0.1, -0.05) is 39.0 Å². The van der Waals surface area contributed by atoms with Crippen molar-refractivity contribution in [2.45, 2.75) is 26.2 Å². The molecule has 0 bridgehead atoms. The van der Waals surface area contributed by atoms with Crippen LogP contribution in [0.2, 0.25) is 0 Å². The van der Waals surface area contributed by atoms with Gasteiger partial charge in [-0.15, -0.1) is 0 Å². The first kappa shape index (κ1) is 16.7. The number of hydrogen-bond donors (Lipinski definition) is 3. The number of nitrogens with one attached hydrogen (secondary N) is 1. The summed E-state index contributed by atoms with van der Waals surface area (Å²) in [4.78, 5) is 12.0. The molecule has 3 N–H and O–H groups in total. The zero-order valence-electron chi connectivity index (χ0n) is 13.5. The van der Waals surface area contributed by atoms with Crippen LogP contribution in [0.1, 0.15) is 26.3 Å². The molecular formula is C18H21NO4. The van der Waals surface area contributed by atoms with E-state index in [9.17, 15) is 15.0 Å². The second-order valence-electron chi connectivity index (χ2n) is 6.28. The fourth-order valence-corrected chi connectivity index (χ4v) is 2.17. The summed E-state index contributed by atoms with van der Waals surface area (Å²) < 4.78 is 5.62. The second kappa shape index (κ2) is 6.60. The van der Waals surface area contributed by atoms with Gasteiger partial charge in [0.05, 0.1) is 5.69 Å².